The summed E-state index contributed by atoms with van der Waals surface area (Å²) in [6, 6.07) is 0. The van der Waals surface area contributed by atoms with Gasteiger partial charge >= 0.3 is 6.09 Å². The molecule has 6 heteroatoms. The minimum atomic E-state index is -0.417. The van der Waals surface area contributed by atoms with Gasteiger partial charge in [-0.2, -0.15) is 0 Å². The topological polar surface area (TPSA) is 53.0 Å². The fourth-order valence-electron chi connectivity index (χ4n) is 2.97. The van der Waals surface area contributed by atoms with Crippen molar-refractivity contribution in [1.29, 1.82) is 0 Å². The van der Waals surface area contributed by atoms with E-state index < -0.39 is 5.60 Å². The summed E-state index contributed by atoms with van der Waals surface area (Å²) < 4.78 is 5.40. The van der Waals surface area contributed by atoms with Crippen LogP contribution >= 0.6 is 12.4 Å². The molecular weight excluding hydrogens is 292 g/mol. The van der Waals surface area contributed by atoms with E-state index >= 15 is 0 Å². The Morgan fingerprint density at radius 3 is 2.29 bits per heavy atom. The Hall–Kier alpha value is -0.520. The molecule has 0 aromatic heterocycles. The van der Waals surface area contributed by atoms with E-state index in [1.54, 1.807) is 0 Å². The molecule has 124 valence electrons. The molecule has 2 heterocycles. The highest BCUT2D eigenvalue weighted by atomic mass is 35.5. The Labute approximate surface area is 134 Å². The van der Waals surface area contributed by atoms with Crippen molar-refractivity contribution in [2.24, 2.45) is 5.92 Å². The van der Waals surface area contributed by atoms with Crippen molar-refractivity contribution in [2.45, 2.75) is 51.7 Å². The minimum absolute atomic E-state index is 0. The van der Waals surface area contributed by atoms with Crippen LogP contribution in [0.15, 0.2) is 0 Å². The number of hydrogen-bond donors (Lipinski definition) is 1. The third kappa shape index (κ3) is 6.01. The fraction of sp³-hybridized carbons (Fsp3) is 0.933. The van der Waals surface area contributed by atoms with Gasteiger partial charge in [-0.15, -0.1) is 12.4 Å². The van der Waals surface area contributed by atoms with Crippen LogP contribution in [0.1, 0.15) is 40.0 Å². The molecule has 0 aromatic rings. The van der Waals surface area contributed by atoms with Gasteiger partial charge in [-0.3, -0.25) is 0 Å². The molecule has 0 aliphatic carbocycles. The number of ether oxygens (including phenoxy) is 1. The van der Waals surface area contributed by atoms with E-state index in [0.717, 1.165) is 52.0 Å². The lowest BCUT2D eigenvalue weighted by atomic mass is 9.96. The summed E-state index contributed by atoms with van der Waals surface area (Å²) in [6.07, 6.45) is 2.64. The molecule has 0 spiro atoms. The molecule has 1 amide bonds. The molecule has 0 aromatic carbocycles. The minimum Gasteiger partial charge on any atom is -0.444 e. The van der Waals surface area contributed by atoms with E-state index in [0.29, 0.717) is 5.92 Å². The summed E-state index contributed by atoms with van der Waals surface area (Å²) in [4.78, 5) is 16.1. The molecule has 0 bridgehead atoms. The van der Waals surface area contributed by atoms with Crippen molar-refractivity contribution < 1.29 is 14.6 Å². The molecule has 2 aliphatic heterocycles. The summed E-state index contributed by atoms with van der Waals surface area (Å²) in [5, 5.41) is 9.54. The van der Waals surface area contributed by atoms with Gasteiger partial charge in [-0.25, -0.2) is 4.79 Å². The van der Waals surface area contributed by atoms with E-state index in [-0.39, 0.29) is 24.6 Å². The lowest BCUT2D eigenvalue weighted by Crippen LogP contribution is -2.43. The lowest BCUT2D eigenvalue weighted by molar-refractivity contribution is 0.0171. The van der Waals surface area contributed by atoms with Crippen molar-refractivity contribution in [2.75, 3.05) is 32.7 Å². The van der Waals surface area contributed by atoms with Gasteiger partial charge in [0.2, 0.25) is 0 Å². The first-order valence-corrected chi connectivity index (χ1v) is 7.72. The van der Waals surface area contributed by atoms with Gasteiger partial charge in [0.1, 0.15) is 5.60 Å². The van der Waals surface area contributed by atoms with Crippen LogP contribution < -0.4 is 0 Å². The number of carbonyl (C=O) groups excluding carboxylic acids is 1. The van der Waals surface area contributed by atoms with E-state index in [2.05, 4.69) is 4.90 Å². The quantitative estimate of drug-likeness (QED) is 0.847. The highest BCUT2D eigenvalue weighted by Gasteiger charge is 2.29. The van der Waals surface area contributed by atoms with Gasteiger partial charge in [-0.05, 0) is 46.0 Å². The van der Waals surface area contributed by atoms with Crippen LogP contribution in [-0.2, 0) is 4.74 Å². The number of halogens is 1. The maximum Gasteiger partial charge on any atom is 0.410 e. The average molecular weight is 321 g/mol. The van der Waals surface area contributed by atoms with Crippen LogP contribution in [0.4, 0.5) is 4.79 Å². The van der Waals surface area contributed by atoms with Gasteiger partial charge < -0.3 is 19.6 Å². The summed E-state index contributed by atoms with van der Waals surface area (Å²) >= 11 is 0. The molecule has 0 unspecified atom stereocenters. The number of rotatable bonds is 2. The second kappa shape index (κ2) is 7.65. The standard InChI is InChI=1S/C15H28N2O3.ClH/c1-15(2,3)20-14(19)17-8-4-12(5-9-17)10-16-7-6-13(18)11-16;/h12-13,18H,4-11H2,1-3H3;1H/t13-;/m0./s1. The highest BCUT2D eigenvalue weighted by Crippen LogP contribution is 2.22. The fourth-order valence-corrected chi connectivity index (χ4v) is 2.97. The van der Waals surface area contributed by atoms with Gasteiger partial charge in [0, 0.05) is 32.7 Å². The van der Waals surface area contributed by atoms with Crippen LogP contribution in [0.2, 0.25) is 0 Å². The van der Waals surface area contributed by atoms with Crippen LogP contribution in [0.3, 0.4) is 0 Å². The van der Waals surface area contributed by atoms with Crippen molar-refractivity contribution in [3.63, 3.8) is 0 Å². The number of hydrogen-bond acceptors (Lipinski definition) is 4. The molecule has 0 radical (unpaired) electrons. The van der Waals surface area contributed by atoms with Crippen LogP contribution in [0.25, 0.3) is 0 Å². The molecule has 2 aliphatic rings. The second-order valence-electron chi connectivity index (χ2n) is 7.11. The molecule has 1 N–H and O–H groups in total. The number of piperidine rings is 1. The van der Waals surface area contributed by atoms with Crippen molar-refractivity contribution in [3.8, 4) is 0 Å². The molecule has 1 atom stereocenters. The van der Waals surface area contributed by atoms with E-state index in [4.69, 9.17) is 4.74 Å². The number of likely N-dealkylation sites (tertiary alicyclic amines) is 2. The Bertz CT molecular complexity index is 338. The second-order valence-corrected chi connectivity index (χ2v) is 7.11. The van der Waals surface area contributed by atoms with Gasteiger partial charge in [0.15, 0.2) is 0 Å². The zero-order valence-corrected chi connectivity index (χ0v) is 14.2. The summed E-state index contributed by atoms with van der Waals surface area (Å²) in [6.45, 7) is 10.1. The molecule has 2 rings (SSSR count). The number of aliphatic hydroxyl groups excluding tert-OH is 1. The zero-order valence-electron chi connectivity index (χ0n) is 13.4. The number of aliphatic hydroxyl groups is 1. The Morgan fingerprint density at radius 2 is 1.81 bits per heavy atom. The number of nitrogens with zero attached hydrogens (tertiary/aromatic N) is 2. The van der Waals surface area contributed by atoms with E-state index in [1.165, 1.54) is 0 Å². The lowest BCUT2D eigenvalue weighted by Gasteiger charge is -2.34. The average Bonchev–Trinajstić information content (AvgIpc) is 2.73. The summed E-state index contributed by atoms with van der Waals surface area (Å²) in [5.41, 5.74) is -0.417. The first kappa shape index (κ1) is 18.5. The predicted octanol–water partition coefficient (Wildman–Crippen LogP) is 2.12. The molecule has 5 nitrogen and oxygen atoms in total. The van der Waals surface area contributed by atoms with Crippen molar-refractivity contribution in [1.82, 2.24) is 9.80 Å². The number of amides is 1. The molecule has 0 saturated carbocycles. The van der Waals surface area contributed by atoms with Gasteiger partial charge in [-0.1, -0.05) is 0 Å². The van der Waals surface area contributed by atoms with Crippen molar-refractivity contribution >= 4 is 18.5 Å². The smallest absolute Gasteiger partial charge is 0.410 e. The Morgan fingerprint density at radius 1 is 1.19 bits per heavy atom. The van der Waals surface area contributed by atoms with Gasteiger partial charge in [0.25, 0.3) is 0 Å². The summed E-state index contributed by atoms with van der Waals surface area (Å²) in [7, 11) is 0. The molecule has 21 heavy (non-hydrogen) atoms. The first-order valence-electron chi connectivity index (χ1n) is 7.72. The molecule has 2 fully saturated rings. The van der Waals surface area contributed by atoms with Crippen LogP contribution in [-0.4, -0.2) is 65.4 Å². The monoisotopic (exact) mass is 320 g/mol. The van der Waals surface area contributed by atoms with Crippen LogP contribution in [0.5, 0.6) is 0 Å². The largest absolute Gasteiger partial charge is 0.444 e. The van der Waals surface area contributed by atoms with E-state index in [9.17, 15) is 9.90 Å². The third-order valence-corrected chi connectivity index (χ3v) is 4.03. The van der Waals surface area contributed by atoms with Crippen LogP contribution in [0, 0.1) is 5.92 Å². The third-order valence-electron chi connectivity index (χ3n) is 4.03. The summed E-state index contributed by atoms with van der Waals surface area (Å²) in [5.74, 6) is 0.638. The Kier molecular flexibility index (Phi) is 6.75. The van der Waals surface area contributed by atoms with E-state index in [1.807, 2.05) is 25.7 Å². The zero-order chi connectivity index (χ0) is 14.8. The number of β-amino-alcohol motifs (C(OH)–C–C–N with tert-alkyl or cyclic N) is 1. The molecular formula is C15H29ClN2O3. The predicted molar refractivity (Wildman–Crippen MR) is 84.8 cm³/mol. The SMILES string of the molecule is CC(C)(C)OC(=O)N1CCC(CN2CC[C@H](O)C2)CC1.Cl. The first-order chi connectivity index (χ1) is 9.33. The van der Waals surface area contributed by atoms with Gasteiger partial charge in [0.05, 0.1) is 6.10 Å². The highest BCUT2D eigenvalue weighted by molar-refractivity contribution is 5.85. The number of carbonyl (C=O) groups is 1. The maximum atomic E-state index is 12.0. The maximum absolute atomic E-state index is 12.0. The normalized spacial score (nSPS) is 24.8. The van der Waals surface area contributed by atoms with Crippen molar-refractivity contribution in [3.05, 3.63) is 0 Å². The Balaban J connectivity index is 0.00000220. The molecule has 2 saturated heterocycles.